The van der Waals surface area contributed by atoms with Gasteiger partial charge in [-0.3, -0.25) is 19.2 Å². The molecular formula is C45H60O4. The van der Waals surface area contributed by atoms with Crippen LogP contribution < -0.4 is 0 Å². The molecule has 4 aliphatic rings. The molecule has 49 heavy (non-hydrogen) atoms. The van der Waals surface area contributed by atoms with E-state index in [9.17, 15) is 19.2 Å². The maximum atomic E-state index is 14.5. The SMILES string of the molecule is CCc1ccc(C)cc1CC(=O)CC(C)(CC(=O)C1CCC(C2Cc3ccccc3CC2=O)CC1)C(=O)C1CCC(C2CCCCC2)CC1. The lowest BCUT2D eigenvalue weighted by atomic mass is 9.64. The number of hydrogen-bond acceptors (Lipinski definition) is 4. The zero-order valence-electron chi connectivity index (χ0n) is 30.6. The number of Topliss-reactive ketones (excluding diaryl/α,β-unsaturated/α-hetero) is 4. The maximum Gasteiger partial charge on any atom is 0.142 e. The number of aryl methyl sites for hydroxylation is 2. The molecule has 2 atom stereocenters. The van der Waals surface area contributed by atoms with Gasteiger partial charge < -0.3 is 0 Å². The summed E-state index contributed by atoms with van der Waals surface area (Å²) >= 11 is 0. The number of hydrogen-bond donors (Lipinski definition) is 0. The highest BCUT2D eigenvalue weighted by Gasteiger charge is 2.44. The molecule has 0 heterocycles. The van der Waals surface area contributed by atoms with Gasteiger partial charge in [-0.2, -0.15) is 0 Å². The quantitative estimate of drug-likeness (QED) is 0.227. The van der Waals surface area contributed by atoms with Crippen LogP contribution in [0.2, 0.25) is 0 Å². The molecule has 6 rings (SSSR count). The van der Waals surface area contributed by atoms with Crippen molar-refractivity contribution in [1.29, 1.82) is 0 Å². The number of benzene rings is 2. The largest absolute Gasteiger partial charge is 0.299 e. The second-order valence-corrected chi connectivity index (χ2v) is 16.9. The normalized spacial score (nSPS) is 27.6. The van der Waals surface area contributed by atoms with Crippen molar-refractivity contribution >= 4 is 23.1 Å². The molecule has 0 N–H and O–H groups in total. The number of carbonyl (C=O) groups excluding carboxylic acids is 4. The highest BCUT2D eigenvalue weighted by molar-refractivity contribution is 5.97. The van der Waals surface area contributed by atoms with Crippen LogP contribution in [0.25, 0.3) is 0 Å². The molecule has 4 nitrogen and oxygen atoms in total. The van der Waals surface area contributed by atoms with E-state index in [0.717, 1.165) is 87.2 Å². The van der Waals surface area contributed by atoms with Crippen molar-refractivity contribution in [3.8, 4) is 0 Å². The fourth-order valence-electron chi connectivity index (χ4n) is 10.6. The summed E-state index contributed by atoms with van der Waals surface area (Å²) < 4.78 is 0. The highest BCUT2D eigenvalue weighted by Crippen LogP contribution is 2.45. The zero-order valence-corrected chi connectivity index (χ0v) is 30.6. The first-order valence-electron chi connectivity index (χ1n) is 19.9. The third kappa shape index (κ3) is 8.54. The van der Waals surface area contributed by atoms with E-state index in [2.05, 4.69) is 50.2 Å². The molecule has 0 saturated heterocycles. The molecule has 0 aromatic heterocycles. The zero-order chi connectivity index (χ0) is 34.5. The van der Waals surface area contributed by atoms with Gasteiger partial charge in [-0.15, -0.1) is 0 Å². The molecule has 4 heteroatoms. The first-order chi connectivity index (χ1) is 23.6. The third-order valence-electron chi connectivity index (χ3n) is 13.5. The van der Waals surface area contributed by atoms with Crippen LogP contribution in [0.5, 0.6) is 0 Å². The Balaban J connectivity index is 1.12. The van der Waals surface area contributed by atoms with Crippen LogP contribution in [0.15, 0.2) is 42.5 Å². The van der Waals surface area contributed by atoms with E-state index in [1.165, 1.54) is 48.8 Å². The molecule has 0 radical (unpaired) electrons. The Kier molecular flexibility index (Phi) is 11.7. The van der Waals surface area contributed by atoms with Crippen molar-refractivity contribution in [2.24, 2.45) is 40.9 Å². The van der Waals surface area contributed by atoms with Gasteiger partial charge in [0.25, 0.3) is 0 Å². The van der Waals surface area contributed by atoms with Crippen molar-refractivity contribution < 1.29 is 19.2 Å². The first kappa shape index (κ1) is 35.9. The molecule has 2 aromatic carbocycles. The van der Waals surface area contributed by atoms with Crippen LogP contribution in [-0.4, -0.2) is 23.1 Å². The van der Waals surface area contributed by atoms with Gasteiger partial charge >= 0.3 is 0 Å². The van der Waals surface area contributed by atoms with Crippen LogP contribution in [0.3, 0.4) is 0 Å². The van der Waals surface area contributed by atoms with Crippen molar-refractivity contribution in [2.45, 2.75) is 143 Å². The summed E-state index contributed by atoms with van der Waals surface area (Å²) in [5.41, 5.74) is 4.88. The summed E-state index contributed by atoms with van der Waals surface area (Å²) in [4.78, 5) is 55.7. The predicted molar refractivity (Wildman–Crippen MR) is 196 cm³/mol. The van der Waals surface area contributed by atoms with E-state index in [-0.39, 0.29) is 47.9 Å². The van der Waals surface area contributed by atoms with Crippen molar-refractivity contribution in [1.82, 2.24) is 0 Å². The third-order valence-corrected chi connectivity index (χ3v) is 13.5. The summed E-state index contributed by atoms with van der Waals surface area (Å²) in [6, 6.07) is 14.6. The minimum absolute atomic E-state index is 0.0495. The Hall–Kier alpha value is -2.88. The van der Waals surface area contributed by atoms with E-state index in [0.29, 0.717) is 24.5 Å². The van der Waals surface area contributed by atoms with Gasteiger partial charge in [-0.25, -0.2) is 0 Å². The molecule has 3 saturated carbocycles. The topological polar surface area (TPSA) is 68.3 Å². The second-order valence-electron chi connectivity index (χ2n) is 16.9. The fraction of sp³-hybridized carbons (Fsp3) is 0.644. The summed E-state index contributed by atoms with van der Waals surface area (Å²) in [6.45, 7) is 6.12. The number of fused-ring (bicyclic) bond motifs is 1. The van der Waals surface area contributed by atoms with Gasteiger partial charge in [0.15, 0.2) is 0 Å². The average molecular weight is 665 g/mol. The van der Waals surface area contributed by atoms with Gasteiger partial charge in [-0.05, 0) is 111 Å². The molecule has 4 aliphatic carbocycles. The van der Waals surface area contributed by atoms with Crippen molar-refractivity contribution in [3.63, 3.8) is 0 Å². The minimum Gasteiger partial charge on any atom is -0.299 e. The molecule has 2 unspecified atom stereocenters. The summed E-state index contributed by atoms with van der Waals surface area (Å²) in [6.07, 6.45) is 16.9. The van der Waals surface area contributed by atoms with Crippen molar-refractivity contribution in [2.75, 3.05) is 0 Å². The Morgan fingerprint density at radius 1 is 0.714 bits per heavy atom. The van der Waals surface area contributed by atoms with Gasteiger partial charge in [0.05, 0.1) is 0 Å². The fourth-order valence-corrected chi connectivity index (χ4v) is 10.6. The smallest absolute Gasteiger partial charge is 0.142 e. The summed E-state index contributed by atoms with van der Waals surface area (Å²) in [5.74, 6) is 2.51. The molecular weight excluding hydrogens is 604 g/mol. The number of ketones is 4. The van der Waals surface area contributed by atoms with Crippen LogP contribution in [0.4, 0.5) is 0 Å². The van der Waals surface area contributed by atoms with E-state index < -0.39 is 5.41 Å². The lowest BCUT2D eigenvalue weighted by molar-refractivity contribution is -0.142. The van der Waals surface area contributed by atoms with Crippen LogP contribution in [-0.2, 0) is 44.9 Å². The van der Waals surface area contributed by atoms with Gasteiger partial charge in [0.1, 0.15) is 23.1 Å². The standard InChI is InChI=1S/C45H60O4/c1-4-31-15-14-30(2)24-39(31)25-40(46)28-45(3,44(49)36-22-16-33(17-23-36)32-10-6-5-7-11-32)29-43(48)35-20-18-34(19-21-35)41-26-37-12-8-9-13-38(37)27-42(41)47/h8-9,12-15,24,32-36,41H,4-7,10-11,16-23,25-29H2,1-3H3. The average Bonchev–Trinajstić information content (AvgIpc) is 3.11. The van der Waals surface area contributed by atoms with Gasteiger partial charge in [0, 0.05) is 48.9 Å². The monoisotopic (exact) mass is 664 g/mol. The molecule has 0 bridgehead atoms. The Morgan fingerprint density at radius 2 is 1.35 bits per heavy atom. The molecule has 264 valence electrons. The highest BCUT2D eigenvalue weighted by atomic mass is 16.1. The molecule has 2 aromatic rings. The first-order valence-corrected chi connectivity index (χ1v) is 19.9. The second kappa shape index (κ2) is 16.0. The van der Waals surface area contributed by atoms with Crippen LogP contribution >= 0.6 is 0 Å². The molecule has 0 spiro atoms. The number of carbonyl (C=O) groups is 4. The van der Waals surface area contributed by atoms with E-state index >= 15 is 0 Å². The Labute approximate surface area is 295 Å². The Bertz CT molecular complexity index is 1500. The van der Waals surface area contributed by atoms with E-state index in [1.54, 1.807) is 0 Å². The predicted octanol–water partition coefficient (Wildman–Crippen LogP) is 9.77. The molecule has 0 aliphatic heterocycles. The van der Waals surface area contributed by atoms with Gasteiger partial charge in [0.2, 0.25) is 0 Å². The lowest BCUT2D eigenvalue weighted by Crippen LogP contribution is -2.41. The molecule has 3 fully saturated rings. The van der Waals surface area contributed by atoms with Crippen molar-refractivity contribution in [3.05, 3.63) is 70.3 Å². The maximum absolute atomic E-state index is 14.5. The van der Waals surface area contributed by atoms with E-state index in [4.69, 9.17) is 0 Å². The lowest BCUT2D eigenvalue weighted by Gasteiger charge is -2.39. The van der Waals surface area contributed by atoms with E-state index in [1.807, 2.05) is 13.0 Å². The van der Waals surface area contributed by atoms with Crippen LogP contribution in [0.1, 0.15) is 138 Å². The van der Waals surface area contributed by atoms with Gasteiger partial charge in [-0.1, -0.05) is 94.0 Å². The number of rotatable bonds is 12. The summed E-state index contributed by atoms with van der Waals surface area (Å²) in [5, 5.41) is 0. The summed E-state index contributed by atoms with van der Waals surface area (Å²) in [7, 11) is 0. The van der Waals surface area contributed by atoms with Crippen LogP contribution in [0, 0.1) is 47.8 Å². The minimum atomic E-state index is -0.966. The molecule has 0 amide bonds. The Morgan fingerprint density at radius 3 is 2.04 bits per heavy atom.